The normalized spacial score (nSPS) is 27.7. The van der Waals surface area contributed by atoms with E-state index >= 15 is 0 Å². The molecule has 2 aliphatic rings. The fraction of sp³-hybridized carbons (Fsp3) is 0.368. The zero-order chi connectivity index (χ0) is 21.5. The highest BCUT2D eigenvalue weighted by molar-refractivity contribution is 5.76. The highest BCUT2D eigenvalue weighted by Crippen LogP contribution is 2.66. The molecule has 1 saturated heterocycles. The maximum absolute atomic E-state index is 13.3. The van der Waals surface area contributed by atoms with Crippen molar-refractivity contribution < 1.29 is 38.0 Å². The van der Waals surface area contributed by atoms with Crippen LogP contribution in [0.5, 0.6) is 11.8 Å². The molecule has 4 rings (SSSR count). The van der Waals surface area contributed by atoms with E-state index in [-0.39, 0.29) is 23.2 Å². The second-order valence-corrected chi connectivity index (χ2v) is 7.58. The Morgan fingerprint density at radius 1 is 1.28 bits per heavy atom. The number of benzene rings is 1. The third-order valence-electron chi connectivity index (χ3n) is 5.80. The van der Waals surface area contributed by atoms with Gasteiger partial charge in [0.05, 0.1) is 40.5 Å². The van der Waals surface area contributed by atoms with E-state index in [1.54, 1.807) is 6.92 Å². The third-order valence-corrected chi connectivity index (χ3v) is 5.80. The van der Waals surface area contributed by atoms with Crippen LogP contribution in [0.1, 0.15) is 37.0 Å². The van der Waals surface area contributed by atoms with Crippen molar-refractivity contribution >= 4 is 11.7 Å². The van der Waals surface area contributed by atoms with Crippen LogP contribution in [0.2, 0.25) is 0 Å². The number of hydrogen-bond acceptors (Lipinski definition) is 4. The Labute approximate surface area is 162 Å². The Morgan fingerprint density at radius 3 is 2.45 bits per heavy atom. The van der Waals surface area contributed by atoms with Crippen LogP contribution in [0.15, 0.2) is 18.2 Å². The van der Waals surface area contributed by atoms with Gasteiger partial charge in [-0.2, -0.15) is 13.2 Å². The number of hydrogen-bond donors (Lipinski definition) is 3. The standard InChI is InChI=1S/C19H15F3N2O5/c1-17-7-10(16(27)28)18(2,29-17)13-12(17)14(25)24(15(13)26)8-4-5-11(23-3)9(6-8)19(20,21)22/h4-6,10,25-26H,7H2,1-2H3,(H,27,28)/t10-,17?,18?/m1/s1. The van der Waals surface area contributed by atoms with Gasteiger partial charge in [-0.1, -0.05) is 6.07 Å². The average Bonchev–Trinajstić information content (AvgIpc) is 3.15. The largest absolute Gasteiger partial charge is 0.494 e. The van der Waals surface area contributed by atoms with E-state index in [4.69, 9.17) is 11.3 Å². The van der Waals surface area contributed by atoms with Crippen LogP contribution in [0.3, 0.4) is 0 Å². The number of fused-ring (bicyclic) bond motifs is 5. The van der Waals surface area contributed by atoms with Gasteiger partial charge in [-0.3, -0.25) is 9.36 Å². The number of aliphatic carboxylic acids is 1. The Kier molecular flexibility index (Phi) is 3.60. The lowest BCUT2D eigenvalue weighted by molar-refractivity contribution is -0.149. The lowest BCUT2D eigenvalue weighted by Gasteiger charge is -2.26. The second kappa shape index (κ2) is 5.45. The maximum Gasteiger partial charge on any atom is 0.407 e. The molecule has 1 aromatic heterocycles. The minimum atomic E-state index is -4.81. The molecule has 152 valence electrons. The topological polar surface area (TPSA) is 96.3 Å². The highest BCUT2D eigenvalue weighted by Gasteiger charge is 2.66. The minimum Gasteiger partial charge on any atom is -0.494 e. The van der Waals surface area contributed by atoms with Crippen LogP contribution in [0, 0.1) is 12.5 Å². The van der Waals surface area contributed by atoms with Gasteiger partial charge in [-0.05, 0) is 32.4 Å². The molecule has 2 bridgehead atoms. The number of nitrogens with zero attached hydrogens (tertiary/aromatic N) is 2. The number of rotatable bonds is 2. The van der Waals surface area contributed by atoms with Gasteiger partial charge >= 0.3 is 12.1 Å². The number of carboxylic acids is 1. The Bertz CT molecular complexity index is 1120. The SMILES string of the molecule is [C-]#[N+]c1ccc(-n2c(O)c3c(c2O)C2(C)OC3(C)C[C@@H]2C(=O)O)cc1C(F)(F)F. The monoisotopic (exact) mass is 408 g/mol. The quantitative estimate of drug-likeness (QED) is 0.653. The Hall–Kier alpha value is -3.19. The van der Waals surface area contributed by atoms with Crippen molar-refractivity contribution in [3.8, 4) is 17.4 Å². The number of carboxylic acid groups (broad SMARTS) is 1. The van der Waals surface area contributed by atoms with Gasteiger partial charge in [0.2, 0.25) is 11.8 Å². The molecule has 3 N–H and O–H groups in total. The molecule has 2 aromatic rings. The van der Waals surface area contributed by atoms with E-state index in [0.717, 1.165) is 10.6 Å². The van der Waals surface area contributed by atoms with Gasteiger partial charge in [0.15, 0.2) is 5.69 Å². The number of carbonyl (C=O) groups is 1. The molecule has 2 unspecified atom stereocenters. The third kappa shape index (κ3) is 2.31. The summed E-state index contributed by atoms with van der Waals surface area (Å²) in [5.74, 6) is -3.28. The van der Waals surface area contributed by atoms with Crippen molar-refractivity contribution in [1.82, 2.24) is 4.57 Å². The van der Waals surface area contributed by atoms with Crippen molar-refractivity contribution in [3.63, 3.8) is 0 Å². The van der Waals surface area contributed by atoms with E-state index in [1.807, 2.05) is 0 Å². The number of alkyl halides is 3. The first-order chi connectivity index (χ1) is 13.3. The van der Waals surface area contributed by atoms with Gasteiger partial charge in [-0.25, -0.2) is 4.85 Å². The summed E-state index contributed by atoms with van der Waals surface area (Å²) in [6.45, 7) is 9.95. The molecular formula is C19H15F3N2O5. The predicted octanol–water partition coefficient (Wildman–Crippen LogP) is 4.02. The number of ether oxygens (including phenoxy) is 1. The molecule has 2 aliphatic heterocycles. The summed E-state index contributed by atoms with van der Waals surface area (Å²) in [4.78, 5) is 14.5. The number of halogens is 3. The van der Waals surface area contributed by atoms with Crippen LogP contribution in [-0.2, 0) is 26.9 Å². The molecule has 3 heterocycles. The first-order valence-electron chi connectivity index (χ1n) is 8.55. The zero-order valence-electron chi connectivity index (χ0n) is 15.2. The minimum absolute atomic E-state index is 0.0350. The van der Waals surface area contributed by atoms with Gasteiger partial charge in [0.1, 0.15) is 5.60 Å². The summed E-state index contributed by atoms with van der Waals surface area (Å²) in [7, 11) is 0. The molecule has 3 atom stereocenters. The molecule has 0 radical (unpaired) electrons. The fourth-order valence-corrected chi connectivity index (χ4v) is 4.62. The highest BCUT2D eigenvalue weighted by atomic mass is 19.4. The lowest BCUT2D eigenvalue weighted by Crippen LogP contribution is -2.34. The van der Waals surface area contributed by atoms with E-state index < -0.39 is 52.3 Å². The van der Waals surface area contributed by atoms with Crippen LogP contribution in [-0.4, -0.2) is 25.9 Å². The summed E-state index contributed by atoms with van der Waals surface area (Å²) in [5.41, 5.74) is -4.52. The fourth-order valence-electron chi connectivity index (χ4n) is 4.62. The van der Waals surface area contributed by atoms with Gasteiger partial charge < -0.3 is 20.1 Å². The molecule has 1 fully saturated rings. The van der Waals surface area contributed by atoms with Crippen LogP contribution >= 0.6 is 0 Å². The van der Waals surface area contributed by atoms with Gasteiger partial charge in [-0.15, -0.1) is 0 Å². The van der Waals surface area contributed by atoms with Crippen LogP contribution < -0.4 is 0 Å². The second-order valence-electron chi connectivity index (χ2n) is 7.58. The number of aromatic hydroxyl groups is 2. The average molecular weight is 408 g/mol. The zero-order valence-corrected chi connectivity index (χ0v) is 15.2. The molecule has 29 heavy (non-hydrogen) atoms. The van der Waals surface area contributed by atoms with Gasteiger partial charge in [0, 0.05) is 0 Å². The van der Waals surface area contributed by atoms with E-state index in [1.165, 1.54) is 13.0 Å². The molecule has 0 saturated carbocycles. The lowest BCUT2D eigenvalue weighted by atomic mass is 9.73. The van der Waals surface area contributed by atoms with E-state index in [9.17, 15) is 33.3 Å². The smallest absolute Gasteiger partial charge is 0.407 e. The summed E-state index contributed by atoms with van der Waals surface area (Å²) in [6, 6.07) is 2.77. The summed E-state index contributed by atoms with van der Waals surface area (Å²) >= 11 is 0. The maximum atomic E-state index is 13.3. The van der Waals surface area contributed by atoms with E-state index in [0.29, 0.717) is 6.07 Å². The van der Waals surface area contributed by atoms with Crippen molar-refractivity contribution in [1.29, 1.82) is 0 Å². The molecule has 0 amide bonds. The molecule has 7 nitrogen and oxygen atoms in total. The molecule has 0 aliphatic carbocycles. The molecule has 10 heteroatoms. The van der Waals surface area contributed by atoms with Gasteiger partial charge in [0.25, 0.3) is 0 Å². The van der Waals surface area contributed by atoms with E-state index in [2.05, 4.69) is 4.85 Å². The van der Waals surface area contributed by atoms with Crippen molar-refractivity contribution in [2.45, 2.75) is 37.6 Å². The van der Waals surface area contributed by atoms with Crippen LogP contribution in [0.4, 0.5) is 18.9 Å². The summed E-state index contributed by atoms with van der Waals surface area (Å²) in [6.07, 6.45) is -4.78. The first kappa shape index (κ1) is 19.1. The Balaban J connectivity index is 1.97. The van der Waals surface area contributed by atoms with Crippen molar-refractivity contribution in [2.75, 3.05) is 0 Å². The van der Waals surface area contributed by atoms with Crippen molar-refractivity contribution in [3.05, 3.63) is 46.3 Å². The van der Waals surface area contributed by atoms with Crippen LogP contribution in [0.25, 0.3) is 10.5 Å². The molecule has 0 spiro atoms. The summed E-state index contributed by atoms with van der Waals surface area (Å²) < 4.78 is 46.7. The molecule has 1 aromatic carbocycles. The van der Waals surface area contributed by atoms with Crippen molar-refractivity contribution in [2.24, 2.45) is 5.92 Å². The number of aromatic nitrogens is 1. The first-order valence-corrected chi connectivity index (χ1v) is 8.55. The molecular weight excluding hydrogens is 393 g/mol. The Morgan fingerprint density at radius 2 is 1.90 bits per heavy atom. The summed E-state index contributed by atoms with van der Waals surface area (Å²) in [5, 5.41) is 31.1. The predicted molar refractivity (Wildman–Crippen MR) is 91.9 cm³/mol.